The highest BCUT2D eigenvalue weighted by atomic mass is 19.2. The molecule has 0 aliphatic carbocycles. The number of benzene rings is 2. The van der Waals surface area contributed by atoms with Crippen LogP contribution < -0.4 is 5.32 Å². The molecule has 2 N–H and O–H groups in total. The van der Waals surface area contributed by atoms with Crippen LogP contribution in [0, 0.1) is 17.5 Å². The van der Waals surface area contributed by atoms with E-state index in [-0.39, 0.29) is 24.3 Å². The van der Waals surface area contributed by atoms with E-state index < -0.39 is 34.6 Å². The number of piperazine rings is 1. The van der Waals surface area contributed by atoms with E-state index in [1.807, 2.05) is 6.92 Å². The predicted molar refractivity (Wildman–Crippen MR) is 147 cm³/mol. The van der Waals surface area contributed by atoms with Gasteiger partial charge in [-0.2, -0.15) is 0 Å². The van der Waals surface area contributed by atoms with E-state index in [0.717, 1.165) is 64.0 Å². The van der Waals surface area contributed by atoms with Crippen LogP contribution in [-0.2, 0) is 6.42 Å². The van der Waals surface area contributed by atoms with Gasteiger partial charge in [0.25, 0.3) is 5.91 Å². The third-order valence-corrected chi connectivity index (χ3v) is 7.89. The number of hydrogen-bond donors (Lipinski definition) is 2. The Labute approximate surface area is 229 Å². The normalized spacial score (nSPS) is 17.9. The third kappa shape index (κ3) is 6.92. The number of likely N-dealkylation sites (N-methyl/N-ethyl adjacent to an activating group) is 1. The maximum absolute atomic E-state index is 14.8. The zero-order valence-corrected chi connectivity index (χ0v) is 23.2. The minimum absolute atomic E-state index is 0.0536. The molecule has 0 aromatic heterocycles. The van der Waals surface area contributed by atoms with E-state index in [1.54, 1.807) is 6.07 Å². The molecule has 0 bridgehead atoms. The molecule has 0 unspecified atom stereocenters. The molecule has 0 atom stereocenters. The number of carbonyl (C=O) groups excluding carboxylic acids is 1. The van der Waals surface area contributed by atoms with Gasteiger partial charge in [0, 0.05) is 45.8 Å². The molecule has 7 nitrogen and oxygen atoms in total. The highest BCUT2D eigenvalue weighted by Gasteiger charge is 2.45. The van der Waals surface area contributed by atoms with Crippen molar-refractivity contribution in [3.8, 4) is 0 Å². The van der Waals surface area contributed by atoms with E-state index >= 15 is 0 Å². The molecular weight excluding hydrogens is 507 g/mol. The van der Waals surface area contributed by atoms with Crippen LogP contribution in [0.2, 0.25) is 0 Å². The molecule has 0 saturated carbocycles. The lowest BCUT2D eigenvalue weighted by Crippen LogP contribution is -2.68. The Hall–Kier alpha value is -2.66. The van der Waals surface area contributed by atoms with Crippen molar-refractivity contribution in [2.24, 2.45) is 0 Å². The second-order valence-corrected chi connectivity index (χ2v) is 10.6. The topological polar surface area (TPSA) is 62.3 Å². The minimum atomic E-state index is -1.26. The fourth-order valence-electron chi connectivity index (χ4n) is 5.35. The van der Waals surface area contributed by atoms with Gasteiger partial charge in [0.15, 0.2) is 11.6 Å². The molecule has 2 saturated heterocycles. The summed E-state index contributed by atoms with van der Waals surface area (Å²) in [5.41, 5.74) is -0.888. The average molecular weight is 548 g/mol. The van der Waals surface area contributed by atoms with Crippen LogP contribution >= 0.6 is 0 Å². The number of aryl methyl sites for hydroxylation is 1. The first kappa shape index (κ1) is 29.3. The van der Waals surface area contributed by atoms with E-state index in [4.69, 9.17) is 0 Å². The number of rotatable bonds is 11. The van der Waals surface area contributed by atoms with Crippen molar-refractivity contribution < 1.29 is 23.1 Å². The summed E-state index contributed by atoms with van der Waals surface area (Å²) in [7, 11) is 0. The number of β-amino-alcohol motifs (C(OH)–C–C–N with tert-alkyl or cyclic N) is 1. The van der Waals surface area contributed by atoms with Crippen molar-refractivity contribution >= 4 is 17.3 Å². The Balaban J connectivity index is 1.35. The van der Waals surface area contributed by atoms with Crippen LogP contribution in [0.15, 0.2) is 30.3 Å². The van der Waals surface area contributed by atoms with Gasteiger partial charge in [-0.15, -0.1) is 0 Å². The molecular formula is C29H40F3N5O2. The molecule has 2 aromatic rings. The summed E-state index contributed by atoms with van der Waals surface area (Å²) in [6, 6.07) is 6.52. The number of hydrogen-bond acceptors (Lipinski definition) is 6. The third-order valence-electron chi connectivity index (χ3n) is 7.89. The monoisotopic (exact) mass is 547 g/mol. The van der Waals surface area contributed by atoms with Crippen molar-refractivity contribution in [1.29, 1.82) is 0 Å². The number of nitrogens with one attached hydrogen (secondary N) is 1. The van der Waals surface area contributed by atoms with Crippen molar-refractivity contribution in [3.63, 3.8) is 0 Å². The molecule has 214 valence electrons. The summed E-state index contributed by atoms with van der Waals surface area (Å²) in [6.07, 6.45) is 0.624. The lowest BCUT2D eigenvalue weighted by Gasteiger charge is -2.49. The summed E-state index contributed by atoms with van der Waals surface area (Å²) in [5.74, 6) is -3.57. The maximum Gasteiger partial charge on any atom is 0.256 e. The van der Waals surface area contributed by atoms with Gasteiger partial charge in [-0.1, -0.05) is 26.8 Å². The van der Waals surface area contributed by atoms with Crippen LogP contribution in [-0.4, -0.2) is 108 Å². The van der Waals surface area contributed by atoms with Crippen LogP contribution in [0.3, 0.4) is 0 Å². The van der Waals surface area contributed by atoms with Crippen molar-refractivity contribution in [2.75, 3.05) is 77.3 Å². The Morgan fingerprint density at radius 2 is 1.64 bits per heavy atom. The van der Waals surface area contributed by atoms with Gasteiger partial charge in [0.2, 0.25) is 0 Å². The first-order valence-electron chi connectivity index (χ1n) is 13.9. The zero-order chi connectivity index (χ0) is 28.2. The number of aliphatic hydroxyl groups is 1. The number of anilines is 2. The first-order chi connectivity index (χ1) is 18.7. The maximum atomic E-state index is 14.8. The zero-order valence-electron chi connectivity index (χ0n) is 23.2. The van der Waals surface area contributed by atoms with Gasteiger partial charge in [0.1, 0.15) is 11.4 Å². The van der Waals surface area contributed by atoms with Gasteiger partial charge in [-0.05, 0) is 49.3 Å². The highest BCUT2D eigenvalue weighted by Crippen LogP contribution is 2.32. The standard InChI is InChI=1S/C29H40F3N5O2/c1-4-21-7-10-25(24(31)17-21)33-27-22(8-9-23(30)26(27)32)28(38)37-19-29(39,20-37)18-36-15-13-35(14-16-36)12-11-34(5-2)6-3/h7-10,17,33,39H,4-6,11-16,18-20H2,1-3H3. The SMILES string of the molecule is CCc1ccc(Nc2c(C(=O)N3CC(O)(CN4CCN(CCN(CC)CC)CC4)C3)ccc(F)c2F)c(F)c1. The molecule has 4 rings (SSSR count). The fraction of sp³-hybridized carbons (Fsp3) is 0.552. The molecule has 2 aliphatic rings. The number of halogens is 3. The van der Waals surface area contributed by atoms with Crippen molar-refractivity contribution in [1.82, 2.24) is 19.6 Å². The van der Waals surface area contributed by atoms with Gasteiger partial charge >= 0.3 is 0 Å². The van der Waals surface area contributed by atoms with E-state index in [0.29, 0.717) is 13.0 Å². The Morgan fingerprint density at radius 3 is 2.26 bits per heavy atom. The van der Waals surface area contributed by atoms with Crippen molar-refractivity contribution in [2.45, 2.75) is 32.8 Å². The van der Waals surface area contributed by atoms with Crippen molar-refractivity contribution in [3.05, 3.63) is 58.9 Å². The highest BCUT2D eigenvalue weighted by molar-refractivity contribution is 6.01. The smallest absolute Gasteiger partial charge is 0.256 e. The quantitative estimate of drug-likeness (QED) is 0.449. The van der Waals surface area contributed by atoms with E-state index in [2.05, 4.69) is 33.9 Å². The lowest BCUT2D eigenvalue weighted by atomic mass is 9.92. The molecule has 2 heterocycles. The summed E-state index contributed by atoms with van der Waals surface area (Å²) in [6.45, 7) is 14.6. The molecule has 39 heavy (non-hydrogen) atoms. The minimum Gasteiger partial charge on any atom is -0.385 e. The van der Waals surface area contributed by atoms with Crippen LogP contribution in [0.1, 0.15) is 36.7 Å². The fourth-order valence-corrected chi connectivity index (χ4v) is 5.35. The van der Waals surface area contributed by atoms with Gasteiger partial charge in [-0.3, -0.25) is 14.6 Å². The molecule has 2 aliphatic heterocycles. The molecule has 0 spiro atoms. The second-order valence-electron chi connectivity index (χ2n) is 10.6. The molecule has 0 radical (unpaired) electrons. The predicted octanol–water partition coefficient (Wildman–Crippen LogP) is 3.56. The summed E-state index contributed by atoms with van der Waals surface area (Å²) in [4.78, 5) is 21.7. The van der Waals surface area contributed by atoms with E-state index in [1.165, 1.54) is 23.1 Å². The van der Waals surface area contributed by atoms with Crippen LogP contribution in [0.25, 0.3) is 0 Å². The largest absolute Gasteiger partial charge is 0.385 e. The second kappa shape index (κ2) is 12.7. The molecule has 2 aromatic carbocycles. The Morgan fingerprint density at radius 1 is 0.974 bits per heavy atom. The lowest BCUT2D eigenvalue weighted by molar-refractivity contribution is -0.102. The van der Waals surface area contributed by atoms with Crippen LogP contribution in [0.5, 0.6) is 0 Å². The molecule has 2 fully saturated rings. The summed E-state index contributed by atoms with van der Waals surface area (Å²) >= 11 is 0. The van der Waals surface area contributed by atoms with E-state index in [9.17, 15) is 23.1 Å². The average Bonchev–Trinajstić information content (AvgIpc) is 2.92. The van der Waals surface area contributed by atoms with Gasteiger partial charge in [-0.25, -0.2) is 13.2 Å². The molecule has 10 heteroatoms. The number of nitrogens with zero attached hydrogens (tertiary/aromatic N) is 4. The van der Waals surface area contributed by atoms with Gasteiger partial charge < -0.3 is 20.2 Å². The Bertz CT molecular complexity index is 1150. The number of likely N-dealkylation sites (tertiary alicyclic amines) is 1. The number of amides is 1. The summed E-state index contributed by atoms with van der Waals surface area (Å²) < 4.78 is 43.5. The molecule has 1 amide bonds. The summed E-state index contributed by atoms with van der Waals surface area (Å²) in [5, 5.41) is 13.7. The van der Waals surface area contributed by atoms with Gasteiger partial charge in [0.05, 0.1) is 30.0 Å². The number of carbonyl (C=O) groups is 1. The Kier molecular flexibility index (Phi) is 9.53. The van der Waals surface area contributed by atoms with Crippen LogP contribution in [0.4, 0.5) is 24.5 Å². The first-order valence-corrected chi connectivity index (χ1v) is 13.9.